The van der Waals surface area contributed by atoms with E-state index in [4.69, 9.17) is 5.26 Å². The maximum absolute atomic E-state index is 12.0. The Bertz CT molecular complexity index is 882. The van der Waals surface area contributed by atoms with Gasteiger partial charge in [0.05, 0.1) is 11.6 Å². The summed E-state index contributed by atoms with van der Waals surface area (Å²) in [5.41, 5.74) is 1.91. The van der Waals surface area contributed by atoms with Crippen LogP contribution in [0.15, 0.2) is 61.3 Å². The van der Waals surface area contributed by atoms with Gasteiger partial charge in [-0.25, -0.2) is 14.8 Å². The van der Waals surface area contributed by atoms with Crippen molar-refractivity contribution in [1.29, 1.82) is 5.26 Å². The quantitative estimate of drug-likeness (QED) is 0.772. The van der Waals surface area contributed by atoms with E-state index in [1.165, 1.54) is 0 Å². The van der Waals surface area contributed by atoms with Crippen molar-refractivity contribution in [3.05, 3.63) is 72.4 Å². The molecule has 0 aliphatic rings. The van der Waals surface area contributed by atoms with Gasteiger partial charge in [-0.15, -0.1) is 0 Å². The smallest absolute Gasteiger partial charge is 0.319 e. The third-order valence-corrected chi connectivity index (χ3v) is 3.31. The van der Waals surface area contributed by atoms with Crippen molar-refractivity contribution in [3.8, 4) is 11.9 Å². The summed E-state index contributed by atoms with van der Waals surface area (Å²) in [6.07, 6.45) is 6.80. The molecule has 24 heavy (non-hydrogen) atoms. The van der Waals surface area contributed by atoms with Crippen molar-refractivity contribution in [2.75, 3.05) is 5.32 Å². The lowest BCUT2D eigenvalue weighted by atomic mass is 10.2. The van der Waals surface area contributed by atoms with E-state index in [9.17, 15) is 4.79 Å². The molecule has 0 fully saturated rings. The lowest BCUT2D eigenvalue weighted by Crippen LogP contribution is -2.28. The number of anilines is 1. The van der Waals surface area contributed by atoms with E-state index < -0.39 is 0 Å². The van der Waals surface area contributed by atoms with E-state index in [0.717, 1.165) is 5.56 Å². The van der Waals surface area contributed by atoms with Gasteiger partial charge in [0.15, 0.2) is 0 Å². The number of hydrogen-bond acceptors (Lipinski definition) is 4. The van der Waals surface area contributed by atoms with Crippen LogP contribution >= 0.6 is 0 Å². The molecule has 7 nitrogen and oxygen atoms in total. The van der Waals surface area contributed by atoms with Gasteiger partial charge >= 0.3 is 6.03 Å². The van der Waals surface area contributed by atoms with Crippen molar-refractivity contribution < 1.29 is 4.79 Å². The van der Waals surface area contributed by atoms with Crippen LogP contribution in [0.2, 0.25) is 0 Å². The molecule has 0 saturated heterocycles. The fourth-order valence-corrected chi connectivity index (χ4v) is 2.20. The summed E-state index contributed by atoms with van der Waals surface area (Å²) in [6.45, 7) is 0.311. The molecule has 2 N–H and O–H groups in total. The first-order valence-corrected chi connectivity index (χ1v) is 7.23. The number of hydrogen-bond donors (Lipinski definition) is 2. The second kappa shape index (κ2) is 7.07. The van der Waals surface area contributed by atoms with Crippen LogP contribution in [0.4, 0.5) is 10.5 Å². The number of urea groups is 1. The van der Waals surface area contributed by atoms with Crippen LogP contribution in [0, 0.1) is 11.3 Å². The van der Waals surface area contributed by atoms with E-state index in [0.29, 0.717) is 23.6 Å². The van der Waals surface area contributed by atoms with Crippen LogP contribution < -0.4 is 10.6 Å². The summed E-state index contributed by atoms with van der Waals surface area (Å²) in [5, 5.41) is 14.4. The highest BCUT2D eigenvalue weighted by molar-refractivity contribution is 5.89. The number of pyridine rings is 1. The maximum atomic E-state index is 12.0. The third kappa shape index (κ3) is 3.56. The molecule has 2 amide bonds. The van der Waals surface area contributed by atoms with Gasteiger partial charge in [0.25, 0.3) is 0 Å². The number of carbonyl (C=O) groups is 1. The van der Waals surface area contributed by atoms with E-state index in [1.54, 1.807) is 53.8 Å². The standard InChI is InChI=1S/C17H14N6O/c18-10-13-3-1-5-15(9-13)22-17(24)21-11-14-4-2-6-20-16(14)23-8-7-19-12-23/h1-9,12H,11H2,(H2,21,22,24). The Morgan fingerprint density at radius 2 is 2.17 bits per heavy atom. The average Bonchev–Trinajstić information content (AvgIpc) is 3.15. The number of nitrogens with one attached hydrogen (secondary N) is 2. The molecular formula is C17H14N6O. The van der Waals surface area contributed by atoms with Crippen LogP contribution in [-0.2, 0) is 6.54 Å². The number of carbonyl (C=O) groups excluding carboxylic acids is 1. The number of nitriles is 1. The van der Waals surface area contributed by atoms with Crippen LogP contribution in [0.5, 0.6) is 0 Å². The minimum Gasteiger partial charge on any atom is -0.334 e. The van der Waals surface area contributed by atoms with Crippen LogP contribution in [0.1, 0.15) is 11.1 Å². The summed E-state index contributed by atoms with van der Waals surface area (Å²) >= 11 is 0. The van der Waals surface area contributed by atoms with E-state index >= 15 is 0 Å². The molecule has 0 saturated carbocycles. The van der Waals surface area contributed by atoms with Gasteiger partial charge in [-0.2, -0.15) is 5.26 Å². The van der Waals surface area contributed by atoms with Crippen LogP contribution in [0.3, 0.4) is 0 Å². The summed E-state index contributed by atoms with van der Waals surface area (Å²) in [6, 6.07) is 12.1. The highest BCUT2D eigenvalue weighted by Gasteiger charge is 2.07. The molecule has 1 aromatic carbocycles. The number of rotatable bonds is 4. The molecule has 0 atom stereocenters. The average molecular weight is 318 g/mol. The molecule has 2 heterocycles. The van der Waals surface area contributed by atoms with Gasteiger partial charge in [0.1, 0.15) is 12.1 Å². The Kier molecular flexibility index (Phi) is 4.49. The molecular weight excluding hydrogens is 304 g/mol. The lowest BCUT2D eigenvalue weighted by molar-refractivity contribution is 0.251. The van der Waals surface area contributed by atoms with Gasteiger partial charge in [-0.3, -0.25) is 4.57 Å². The highest BCUT2D eigenvalue weighted by Crippen LogP contribution is 2.12. The topological polar surface area (TPSA) is 95.6 Å². The van der Waals surface area contributed by atoms with Crippen molar-refractivity contribution in [2.24, 2.45) is 0 Å². The second-order valence-corrected chi connectivity index (χ2v) is 4.96. The molecule has 3 rings (SSSR count). The molecule has 3 aromatic rings. The molecule has 7 heteroatoms. The van der Waals surface area contributed by atoms with Crippen molar-refractivity contribution in [3.63, 3.8) is 0 Å². The predicted octanol–water partition coefficient (Wildman–Crippen LogP) is 2.46. The number of amides is 2. The third-order valence-electron chi connectivity index (χ3n) is 3.31. The maximum Gasteiger partial charge on any atom is 0.319 e. The minimum atomic E-state index is -0.356. The fraction of sp³-hybridized carbons (Fsp3) is 0.0588. The van der Waals surface area contributed by atoms with Crippen LogP contribution in [-0.4, -0.2) is 20.6 Å². The Labute approximate surface area is 138 Å². The Morgan fingerprint density at radius 3 is 2.96 bits per heavy atom. The minimum absolute atomic E-state index is 0.311. The SMILES string of the molecule is N#Cc1cccc(NC(=O)NCc2cccnc2-n2ccnc2)c1. The van der Waals surface area contributed by atoms with Gasteiger partial charge in [0, 0.05) is 36.4 Å². The molecule has 0 unspecified atom stereocenters. The van der Waals surface area contributed by atoms with Crippen molar-refractivity contribution >= 4 is 11.7 Å². The second-order valence-electron chi connectivity index (χ2n) is 4.96. The van der Waals surface area contributed by atoms with Crippen LogP contribution in [0.25, 0.3) is 5.82 Å². The van der Waals surface area contributed by atoms with E-state index in [1.807, 2.05) is 18.2 Å². The normalized spacial score (nSPS) is 9.96. The van der Waals surface area contributed by atoms with Crippen molar-refractivity contribution in [2.45, 2.75) is 6.54 Å². The Hall–Kier alpha value is -3.66. The van der Waals surface area contributed by atoms with Crippen molar-refractivity contribution in [1.82, 2.24) is 19.9 Å². The van der Waals surface area contributed by atoms with Gasteiger partial charge in [-0.05, 0) is 24.3 Å². The first kappa shape index (κ1) is 15.2. The number of nitrogens with zero attached hydrogens (tertiary/aromatic N) is 4. The largest absolute Gasteiger partial charge is 0.334 e. The zero-order chi connectivity index (χ0) is 16.8. The molecule has 0 aliphatic heterocycles. The highest BCUT2D eigenvalue weighted by atomic mass is 16.2. The summed E-state index contributed by atoms with van der Waals surface area (Å²) in [5.74, 6) is 0.710. The number of imidazole rings is 1. The molecule has 0 bridgehead atoms. The van der Waals surface area contributed by atoms with Gasteiger partial charge < -0.3 is 10.6 Å². The Morgan fingerprint density at radius 1 is 1.25 bits per heavy atom. The van der Waals surface area contributed by atoms with E-state index in [-0.39, 0.29) is 6.03 Å². The number of benzene rings is 1. The first-order chi connectivity index (χ1) is 11.8. The predicted molar refractivity (Wildman–Crippen MR) is 88.4 cm³/mol. The summed E-state index contributed by atoms with van der Waals surface area (Å²) in [7, 11) is 0. The molecule has 2 aromatic heterocycles. The van der Waals surface area contributed by atoms with Gasteiger partial charge in [0.2, 0.25) is 0 Å². The molecule has 0 spiro atoms. The fourth-order valence-electron chi connectivity index (χ4n) is 2.20. The summed E-state index contributed by atoms with van der Waals surface area (Å²) in [4.78, 5) is 20.4. The lowest BCUT2D eigenvalue weighted by Gasteiger charge is -2.11. The molecule has 0 radical (unpaired) electrons. The van der Waals surface area contributed by atoms with E-state index in [2.05, 4.69) is 20.6 Å². The Balaban J connectivity index is 1.66. The summed E-state index contributed by atoms with van der Waals surface area (Å²) < 4.78 is 1.78. The number of aromatic nitrogens is 3. The van der Waals surface area contributed by atoms with Gasteiger partial charge in [-0.1, -0.05) is 12.1 Å². The monoisotopic (exact) mass is 318 g/mol. The zero-order valence-electron chi connectivity index (χ0n) is 12.7. The molecule has 118 valence electrons. The zero-order valence-corrected chi connectivity index (χ0v) is 12.7. The first-order valence-electron chi connectivity index (χ1n) is 7.23. The molecule has 0 aliphatic carbocycles.